The average molecular weight is 398 g/mol. The number of nitrogens with one attached hydrogen (secondary N) is 1. The van der Waals surface area contributed by atoms with Crippen LogP contribution in [0, 0.1) is 6.92 Å². The van der Waals surface area contributed by atoms with E-state index in [4.69, 9.17) is 9.72 Å². The molecule has 7 nitrogen and oxygen atoms in total. The molecule has 1 aliphatic rings. The van der Waals surface area contributed by atoms with Crippen LogP contribution in [-0.4, -0.2) is 38.3 Å². The molecule has 146 valence electrons. The molecule has 3 aromatic rings. The van der Waals surface area contributed by atoms with E-state index in [0.717, 1.165) is 40.6 Å². The minimum Gasteiger partial charge on any atom is -0.359 e. The second-order valence-electron chi connectivity index (χ2n) is 7.10. The van der Waals surface area contributed by atoms with E-state index in [1.165, 1.54) is 11.3 Å². The standard InChI is InChI=1S/C20H23N5O2S/c1-12(2)25-13(3)14(19(26)24-18-5-4-8-27-18)9-17(25)16-11-28-20(23-16)15-10-21-6-7-22-15/h6-7,9-12,18H,4-5,8H2,1-3H3,(H,24,26). The largest absolute Gasteiger partial charge is 0.359 e. The highest BCUT2D eigenvalue weighted by atomic mass is 32.1. The molecule has 28 heavy (non-hydrogen) atoms. The lowest BCUT2D eigenvalue weighted by atomic mass is 10.2. The molecule has 1 amide bonds. The number of hydrogen-bond donors (Lipinski definition) is 1. The summed E-state index contributed by atoms with van der Waals surface area (Å²) in [5, 5.41) is 5.79. The highest BCUT2D eigenvalue weighted by molar-refractivity contribution is 7.13. The Morgan fingerprint density at radius 1 is 1.36 bits per heavy atom. The number of aromatic nitrogens is 4. The molecule has 3 aromatic heterocycles. The van der Waals surface area contributed by atoms with Gasteiger partial charge in [0.25, 0.3) is 5.91 Å². The number of hydrogen-bond acceptors (Lipinski definition) is 6. The van der Waals surface area contributed by atoms with Gasteiger partial charge < -0.3 is 14.6 Å². The van der Waals surface area contributed by atoms with E-state index in [-0.39, 0.29) is 18.2 Å². The van der Waals surface area contributed by atoms with Gasteiger partial charge in [-0.2, -0.15) is 0 Å². The zero-order valence-electron chi connectivity index (χ0n) is 16.2. The fourth-order valence-electron chi connectivity index (χ4n) is 3.55. The van der Waals surface area contributed by atoms with Crippen LogP contribution in [-0.2, 0) is 4.74 Å². The molecule has 8 heteroatoms. The van der Waals surface area contributed by atoms with Gasteiger partial charge in [-0.1, -0.05) is 0 Å². The SMILES string of the molecule is Cc1c(C(=O)NC2CCCO2)cc(-c2csc(-c3cnccn3)n2)n1C(C)C. The molecule has 0 radical (unpaired) electrons. The summed E-state index contributed by atoms with van der Waals surface area (Å²) in [5.74, 6) is -0.102. The molecule has 0 aromatic carbocycles. The maximum atomic E-state index is 12.8. The summed E-state index contributed by atoms with van der Waals surface area (Å²) in [6.45, 7) is 6.89. The van der Waals surface area contributed by atoms with Crippen molar-refractivity contribution in [3.63, 3.8) is 0 Å². The lowest BCUT2D eigenvalue weighted by molar-refractivity contribution is 0.0639. The molecule has 1 saturated heterocycles. The number of carbonyl (C=O) groups excluding carboxylic acids is 1. The van der Waals surface area contributed by atoms with Crippen LogP contribution in [0.2, 0.25) is 0 Å². The van der Waals surface area contributed by atoms with E-state index in [0.29, 0.717) is 12.2 Å². The molecule has 0 spiro atoms. The van der Waals surface area contributed by atoms with Crippen LogP contribution in [0.25, 0.3) is 22.1 Å². The summed E-state index contributed by atoms with van der Waals surface area (Å²) >= 11 is 1.52. The quantitative estimate of drug-likeness (QED) is 0.708. The van der Waals surface area contributed by atoms with Crippen LogP contribution in [0.15, 0.2) is 30.0 Å². The minimum absolute atomic E-state index is 0.102. The topological polar surface area (TPSA) is 81.9 Å². The molecule has 1 aliphatic heterocycles. The number of amides is 1. The third kappa shape index (κ3) is 3.57. The fourth-order valence-corrected chi connectivity index (χ4v) is 4.32. The molecule has 0 aliphatic carbocycles. The summed E-state index contributed by atoms with van der Waals surface area (Å²) in [5.41, 5.74) is 4.09. The Kier molecular flexibility index (Phi) is 5.23. The van der Waals surface area contributed by atoms with Gasteiger partial charge in [-0.3, -0.25) is 14.8 Å². The molecule has 1 fully saturated rings. The van der Waals surface area contributed by atoms with Gasteiger partial charge in [-0.05, 0) is 39.7 Å². The zero-order valence-corrected chi connectivity index (χ0v) is 17.0. The Morgan fingerprint density at radius 3 is 2.89 bits per heavy atom. The highest BCUT2D eigenvalue weighted by Gasteiger charge is 2.24. The molecular weight excluding hydrogens is 374 g/mol. The zero-order chi connectivity index (χ0) is 19.7. The Bertz CT molecular complexity index is 974. The molecule has 1 unspecified atom stereocenters. The van der Waals surface area contributed by atoms with Crippen molar-refractivity contribution < 1.29 is 9.53 Å². The van der Waals surface area contributed by atoms with E-state index >= 15 is 0 Å². The normalized spacial score (nSPS) is 16.6. The van der Waals surface area contributed by atoms with Crippen LogP contribution in [0.5, 0.6) is 0 Å². The molecular formula is C20H23N5O2S. The molecule has 0 saturated carbocycles. The van der Waals surface area contributed by atoms with E-state index in [1.807, 2.05) is 18.4 Å². The number of thiazole rings is 1. The highest BCUT2D eigenvalue weighted by Crippen LogP contribution is 2.32. The Labute approximate surface area is 167 Å². The van der Waals surface area contributed by atoms with Gasteiger partial charge in [0.05, 0.1) is 23.1 Å². The van der Waals surface area contributed by atoms with E-state index in [9.17, 15) is 4.79 Å². The predicted molar refractivity (Wildman–Crippen MR) is 108 cm³/mol. The lowest BCUT2D eigenvalue weighted by Crippen LogP contribution is -2.34. The second-order valence-corrected chi connectivity index (χ2v) is 7.95. The maximum absolute atomic E-state index is 12.8. The Balaban J connectivity index is 1.69. The monoisotopic (exact) mass is 397 g/mol. The van der Waals surface area contributed by atoms with Crippen molar-refractivity contribution in [1.82, 2.24) is 24.8 Å². The molecule has 4 rings (SSSR count). The van der Waals surface area contributed by atoms with Gasteiger partial charge in [0.2, 0.25) is 0 Å². The summed E-state index contributed by atoms with van der Waals surface area (Å²) in [6.07, 6.45) is 6.65. The smallest absolute Gasteiger partial charge is 0.255 e. The van der Waals surface area contributed by atoms with Gasteiger partial charge in [0, 0.05) is 36.1 Å². The third-order valence-corrected chi connectivity index (χ3v) is 5.69. The van der Waals surface area contributed by atoms with Crippen molar-refractivity contribution in [2.75, 3.05) is 6.61 Å². The Hall–Kier alpha value is -2.58. The van der Waals surface area contributed by atoms with Gasteiger partial charge in [0.15, 0.2) is 0 Å². The minimum atomic E-state index is -0.194. The van der Waals surface area contributed by atoms with Crippen LogP contribution in [0.4, 0.5) is 0 Å². The number of ether oxygens (including phenoxy) is 1. The van der Waals surface area contributed by atoms with Gasteiger partial charge in [-0.25, -0.2) is 4.98 Å². The van der Waals surface area contributed by atoms with Crippen LogP contribution in [0.1, 0.15) is 48.8 Å². The van der Waals surface area contributed by atoms with Crippen LogP contribution in [0.3, 0.4) is 0 Å². The molecule has 4 heterocycles. The maximum Gasteiger partial charge on any atom is 0.255 e. The van der Waals surface area contributed by atoms with Crippen LogP contribution >= 0.6 is 11.3 Å². The van der Waals surface area contributed by atoms with Gasteiger partial charge >= 0.3 is 0 Å². The van der Waals surface area contributed by atoms with Crippen molar-refractivity contribution in [2.45, 2.75) is 45.9 Å². The predicted octanol–water partition coefficient (Wildman–Crippen LogP) is 3.82. The first-order valence-electron chi connectivity index (χ1n) is 9.41. The number of rotatable bonds is 5. The number of carbonyl (C=O) groups is 1. The van der Waals surface area contributed by atoms with Gasteiger partial charge in [-0.15, -0.1) is 11.3 Å². The van der Waals surface area contributed by atoms with Crippen molar-refractivity contribution >= 4 is 17.2 Å². The summed E-state index contributed by atoms with van der Waals surface area (Å²) < 4.78 is 7.70. The number of nitrogens with zero attached hydrogens (tertiary/aromatic N) is 4. The van der Waals surface area contributed by atoms with Crippen molar-refractivity contribution in [3.8, 4) is 22.1 Å². The molecule has 1 atom stereocenters. The first-order chi connectivity index (χ1) is 13.5. The van der Waals surface area contributed by atoms with Crippen molar-refractivity contribution in [1.29, 1.82) is 0 Å². The van der Waals surface area contributed by atoms with Gasteiger partial charge in [0.1, 0.15) is 16.9 Å². The molecule has 1 N–H and O–H groups in total. The first kappa shape index (κ1) is 18.8. The fraction of sp³-hybridized carbons (Fsp3) is 0.400. The lowest BCUT2D eigenvalue weighted by Gasteiger charge is -2.15. The summed E-state index contributed by atoms with van der Waals surface area (Å²) in [6, 6.07) is 2.12. The van der Waals surface area contributed by atoms with Crippen molar-refractivity contribution in [3.05, 3.63) is 41.3 Å². The average Bonchev–Trinajstić information content (AvgIpc) is 3.41. The van der Waals surface area contributed by atoms with Crippen molar-refractivity contribution in [2.24, 2.45) is 0 Å². The first-order valence-corrected chi connectivity index (χ1v) is 10.3. The second kappa shape index (κ2) is 7.81. The van der Waals surface area contributed by atoms with E-state index < -0.39 is 0 Å². The Morgan fingerprint density at radius 2 is 2.21 bits per heavy atom. The van der Waals surface area contributed by atoms with Crippen LogP contribution < -0.4 is 5.32 Å². The third-order valence-electron chi connectivity index (χ3n) is 4.82. The molecule has 0 bridgehead atoms. The summed E-state index contributed by atoms with van der Waals surface area (Å²) in [4.78, 5) is 26.0. The summed E-state index contributed by atoms with van der Waals surface area (Å²) in [7, 11) is 0. The van der Waals surface area contributed by atoms with E-state index in [2.05, 4.69) is 33.7 Å². The van der Waals surface area contributed by atoms with E-state index in [1.54, 1.807) is 18.6 Å².